The Labute approximate surface area is 188 Å². The average Bonchev–Trinajstić information content (AvgIpc) is 3.27. The molecule has 0 unspecified atom stereocenters. The highest BCUT2D eigenvalue weighted by molar-refractivity contribution is 9.10. The smallest absolute Gasteiger partial charge is 0.373 e. The van der Waals surface area contributed by atoms with Crippen molar-refractivity contribution in [2.45, 2.75) is 6.54 Å². The summed E-state index contributed by atoms with van der Waals surface area (Å²) >= 11 is 9.28. The highest BCUT2D eigenvalue weighted by Gasteiger charge is 2.34. The van der Waals surface area contributed by atoms with Crippen LogP contribution in [0, 0.1) is 0 Å². The first-order chi connectivity index (χ1) is 14.7. The SMILES string of the molecule is COC(=O)c1ccc(CN2C(=O)N/C(=C\c3cc(Cl)cc(Br)c3OCC(=O)O)C2=O)o1. The first kappa shape index (κ1) is 22.4. The van der Waals surface area contributed by atoms with E-state index in [1.807, 2.05) is 0 Å². The molecule has 0 saturated carbocycles. The summed E-state index contributed by atoms with van der Waals surface area (Å²) in [6.07, 6.45) is 1.32. The molecular formula is C19H14BrClN2O8. The lowest BCUT2D eigenvalue weighted by atomic mass is 10.1. The van der Waals surface area contributed by atoms with Crippen LogP contribution >= 0.6 is 27.5 Å². The third-order valence-electron chi connectivity index (χ3n) is 4.00. The number of halogens is 2. The number of esters is 1. The Morgan fingerprint density at radius 2 is 2.06 bits per heavy atom. The number of amides is 3. The second-order valence-electron chi connectivity index (χ2n) is 6.13. The lowest BCUT2D eigenvalue weighted by molar-refractivity contribution is -0.139. The van der Waals surface area contributed by atoms with Gasteiger partial charge in [0.1, 0.15) is 17.2 Å². The zero-order chi connectivity index (χ0) is 22.7. The number of urea groups is 1. The molecule has 31 heavy (non-hydrogen) atoms. The van der Waals surface area contributed by atoms with Crippen molar-refractivity contribution in [2.24, 2.45) is 0 Å². The number of hydrogen-bond acceptors (Lipinski definition) is 7. The molecule has 1 aliphatic rings. The molecular weight excluding hydrogens is 500 g/mol. The fourth-order valence-corrected chi connectivity index (χ4v) is 3.62. The van der Waals surface area contributed by atoms with Gasteiger partial charge in [-0.05, 0) is 46.3 Å². The van der Waals surface area contributed by atoms with Crippen LogP contribution in [0.4, 0.5) is 4.79 Å². The van der Waals surface area contributed by atoms with E-state index in [9.17, 15) is 19.2 Å². The monoisotopic (exact) mass is 512 g/mol. The van der Waals surface area contributed by atoms with Gasteiger partial charge in [0.15, 0.2) is 6.61 Å². The van der Waals surface area contributed by atoms with Gasteiger partial charge in [-0.2, -0.15) is 0 Å². The number of hydrogen-bond donors (Lipinski definition) is 2. The highest BCUT2D eigenvalue weighted by Crippen LogP contribution is 2.34. The number of rotatable bonds is 7. The zero-order valence-corrected chi connectivity index (χ0v) is 18.2. The van der Waals surface area contributed by atoms with Gasteiger partial charge in [0.05, 0.1) is 18.1 Å². The number of imide groups is 1. The van der Waals surface area contributed by atoms with Crippen LogP contribution in [0.2, 0.25) is 5.02 Å². The lowest BCUT2D eigenvalue weighted by Gasteiger charge is -2.11. The van der Waals surface area contributed by atoms with Crippen LogP contribution < -0.4 is 10.1 Å². The van der Waals surface area contributed by atoms with Crippen molar-refractivity contribution in [3.05, 3.63) is 56.5 Å². The Bertz CT molecular complexity index is 1110. The van der Waals surface area contributed by atoms with Gasteiger partial charge in [-0.3, -0.25) is 9.69 Å². The largest absolute Gasteiger partial charge is 0.480 e. The molecule has 1 aliphatic heterocycles. The number of ether oxygens (including phenoxy) is 2. The van der Waals surface area contributed by atoms with Crippen LogP contribution in [0.5, 0.6) is 5.75 Å². The molecule has 2 aromatic rings. The third-order valence-corrected chi connectivity index (χ3v) is 4.81. The summed E-state index contributed by atoms with van der Waals surface area (Å²) in [5, 5.41) is 11.6. The van der Waals surface area contributed by atoms with Crippen molar-refractivity contribution in [3.63, 3.8) is 0 Å². The molecule has 12 heteroatoms. The number of methoxy groups -OCH3 is 1. The fourth-order valence-electron chi connectivity index (χ4n) is 2.67. The van der Waals surface area contributed by atoms with Crippen LogP contribution in [0.25, 0.3) is 6.08 Å². The molecule has 1 aromatic heterocycles. The van der Waals surface area contributed by atoms with Crippen LogP contribution in [0.3, 0.4) is 0 Å². The topological polar surface area (TPSA) is 135 Å². The molecule has 162 valence electrons. The summed E-state index contributed by atoms with van der Waals surface area (Å²) in [4.78, 5) is 48.2. The van der Waals surface area contributed by atoms with E-state index in [1.54, 1.807) is 0 Å². The Morgan fingerprint density at radius 3 is 2.74 bits per heavy atom. The minimum atomic E-state index is -1.19. The van der Waals surface area contributed by atoms with Crippen molar-refractivity contribution in [2.75, 3.05) is 13.7 Å². The number of carbonyl (C=O) groups is 4. The van der Waals surface area contributed by atoms with E-state index in [1.165, 1.54) is 37.5 Å². The predicted molar refractivity (Wildman–Crippen MR) is 109 cm³/mol. The van der Waals surface area contributed by atoms with E-state index in [0.717, 1.165) is 4.90 Å². The van der Waals surface area contributed by atoms with E-state index >= 15 is 0 Å². The van der Waals surface area contributed by atoms with E-state index in [2.05, 4.69) is 26.0 Å². The summed E-state index contributed by atoms with van der Waals surface area (Å²) in [5.41, 5.74) is 0.191. The molecule has 3 amide bonds. The summed E-state index contributed by atoms with van der Waals surface area (Å²) in [6.45, 7) is -0.843. The Kier molecular flexibility index (Phi) is 6.66. The van der Waals surface area contributed by atoms with Gasteiger partial charge in [0.25, 0.3) is 5.91 Å². The van der Waals surface area contributed by atoms with Gasteiger partial charge >= 0.3 is 18.0 Å². The highest BCUT2D eigenvalue weighted by atomic mass is 79.9. The first-order valence-electron chi connectivity index (χ1n) is 8.54. The molecule has 3 rings (SSSR count). The normalized spacial score (nSPS) is 14.7. The number of benzene rings is 1. The summed E-state index contributed by atoms with van der Waals surface area (Å²) in [7, 11) is 1.20. The van der Waals surface area contributed by atoms with Gasteiger partial charge in [-0.1, -0.05) is 11.6 Å². The van der Waals surface area contributed by atoms with E-state index in [-0.39, 0.29) is 35.1 Å². The number of carboxylic acids is 1. The molecule has 0 aliphatic carbocycles. The van der Waals surface area contributed by atoms with Crippen molar-refractivity contribution in [1.29, 1.82) is 0 Å². The number of nitrogens with one attached hydrogen (secondary N) is 1. The van der Waals surface area contributed by atoms with Crippen molar-refractivity contribution in [3.8, 4) is 5.75 Å². The molecule has 0 bridgehead atoms. The standard InChI is InChI=1S/C19H14BrClN2O8/c1-29-18(27)14-3-2-11(31-14)7-23-17(26)13(22-19(23)28)5-9-4-10(21)6-12(20)16(9)30-8-15(24)25/h2-6H,7-8H2,1H3,(H,22,28)(H,24,25)/b13-5-. The van der Waals surface area contributed by atoms with Crippen molar-refractivity contribution < 1.29 is 38.2 Å². The first-order valence-corrected chi connectivity index (χ1v) is 9.72. The molecule has 1 aromatic carbocycles. The number of furan rings is 1. The minimum absolute atomic E-state index is 0.0654. The molecule has 0 spiro atoms. The van der Waals surface area contributed by atoms with Crippen LogP contribution in [0.15, 0.2) is 38.9 Å². The molecule has 0 radical (unpaired) electrons. The molecule has 2 N–H and O–H groups in total. The van der Waals surface area contributed by atoms with Gasteiger partial charge in [-0.25, -0.2) is 14.4 Å². The molecule has 10 nitrogen and oxygen atoms in total. The quantitative estimate of drug-likeness (QED) is 0.328. The molecule has 0 atom stereocenters. The van der Waals surface area contributed by atoms with Crippen molar-refractivity contribution in [1.82, 2.24) is 10.2 Å². The third kappa shape index (κ3) is 5.06. The lowest BCUT2D eigenvalue weighted by Crippen LogP contribution is -2.30. The number of nitrogens with zero attached hydrogens (tertiary/aromatic N) is 1. The second kappa shape index (κ2) is 9.23. The van der Waals surface area contributed by atoms with Gasteiger partial charge in [-0.15, -0.1) is 0 Å². The minimum Gasteiger partial charge on any atom is -0.480 e. The van der Waals surface area contributed by atoms with E-state index in [0.29, 0.717) is 9.50 Å². The molecule has 1 saturated heterocycles. The van der Waals surface area contributed by atoms with Crippen LogP contribution in [-0.2, 0) is 20.9 Å². The Morgan fingerprint density at radius 1 is 1.32 bits per heavy atom. The van der Waals surface area contributed by atoms with Gasteiger partial charge in [0, 0.05) is 10.6 Å². The predicted octanol–water partition coefficient (Wildman–Crippen LogP) is 3.04. The second-order valence-corrected chi connectivity index (χ2v) is 7.42. The van der Waals surface area contributed by atoms with Gasteiger partial charge < -0.3 is 24.3 Å². The maximum Gasteiger partial charge on any atom is 0.373 e. The Hall–Kier alpha value is -3.31. The molecule has 1 fully saturated rings. The van der Waals surface area contributed by atoms with Gasteiger partial charge in [0.2, 0.25) is 5.76 Å². The number of aliphatic carboxylic acids is 1. The van der Waals surface area contributed by atoms with Crippen molar-refractivity contribution >= 4 is 57.5 Å². The summed E-state index contributed by atoms with van der Waals surface area (Å²) in [6, 6.07) is 5.05. The number of carboxylic acid groups (broad SMARTS) is 1. The fraction of sp³-hybridized carbons (Fsp3) is 0.158. The molecule has 2 heterocycles. The van der Waals surface area contributed by atoms with E-state index in [4.69, 9.17) is 25.9 Å². The van der Waals surface area contributed by atoms with Crippen LogP contribution in [-0.4, -0.2) is 47.6 Å². The summed E-state index contributed by atoms with van der Waals surface area (Å²) in [5.74, 6) is -2.29. The number of carbonyl (C=O) groups excluding carboxylic acids is 3. The average molecular weight is 514 g/mol. The van der Waals surface area contributed by atoms with Crippen LogP contribution in [0.1, 0.15) is 21.9 Å². The maximum absolute atomic E-state index is 12.7. The zero-order valence-electron chi connectivity index (χ0n) is 15.8. The maximum atomic E-state index is 12.7. The Balaban J connectivity index is 1.86. The van der Waals surface area contributed by atoms with E-state index < -0.39 is 30.5 Å². The summed E-state index contributed by atoms with van der Waals surface area (Å²) < 4.78 is 15.5.